The van der Waals surface area contributed by atoms with Crippen molar-refractivity contribution in [2.75, 3.05) is 26.2 Å². The van der Waals surface area contributed by atoms with Gasteiger partial charge in [0.1, 0.15) is 34.4 Å². The highest BCUT2D eigenvalue weighted by atomic mass is 16.3. The third-order valence-corrected chi connectivity index (χ3v) is 5.88. The van der Waals surface area contributed by atoms with Crippen molar-refractivity contribution in [1.29, 1.82) is 0 Å². The van der Waals surface area contributed by atoms with Gasteiger partial charge in [0.05, 0.1) is 13.1 Å². The number of furan rings is 2. The fourth-order valence-electron chi connectivity index (χ4n) is 4.33. The summed E-state index contributed by atoms with van der Waals surface area (Å²) in [5, 5.41) is 8.90. The number of aryl methyl sites for hydroxylation is 2. The van der Waals surface area contributed by atoms with Crippen molar-refractivity contribution < 1.29 is 8.83 Å². The average molecular weight is 412 g/mol. The first-order valence-corrected chi connectivity index (χ1v) is 10.9. The fourth-order valence-corrected chi connectivity index (χ4v) is 4.33. The first-order valence-electron chi connectivity index (χ1n) is 10.9. The predicted molar refractivity (Wildman–Crippen MR) is 123 cm³/mol. The topological polar surface area (TPSA) is 75.1 Å². The molecule has 0 saturated heterocycles. The van der Waals surface area contributed by atoms with E-state index in [1.165, 1.54) is 0 Å². The lowest BCUT2D eigenvalue weighted by Gasteiger charge is -2.01. The van der Waals surface area contributed by atoms with Gasteiger partial charge in [-0.1, -0.05) is 24.3 Å². The zero-order valence-electron chi connectivity index (χ0n) is 17.3. The maximum Gasteiger partial charge on any atom is 0.135 e. The van der Waals surface area contributed by atoms with Crippen LogP contribution in [0.1, 0.15) is 29.1 Å². The highest BCUT2D eigenvalue weighted by Gasteiger charge is 2.13. The molecule has 0 aliphatic carbocycles. The molecule has 6 rings (SSSR count). The molecule has 0 radical (unpaired) electrons. The van der Waals surface area contributed by atoms with Crippen molar-refractivity contribution in [3.05, 3.63) is 71.2 Å². The molecule has 4 aromatic rings. The summed E-state index contributed by atoms with van der Waals surface area (Å²) in [6.07, 6.45) is 2.74. The van der Waals surface area contributed by atoms with Crippen molar-refractivity contribution in [2.45, 2.75) is 19.3 Å². The number of rotatable bonds is 6. The highest BCUT2D eigenvalue weighted by molar-refractivity contribution is 6.02. The number of nitrogens with one attached hydrogen (secondary N) is 2. The van der Waals surface area contributed by atoms with Crippen LogP contribution in [0.25, 0.3) is 21.9 Å². The lowest BCUT2D eigenvalue weighted by atomic mass is 10.1. The van der Waals surface area contributed by atoms with Crippen LogP contribution < -0.4 is 10.6 Å². The predicted octanol–water partition coefficient (Wildman–Crippen LogP) is 4.05. The second kappa shape index (κ2) is 7.61. The molecule has 0 amide bonds. The van der Waals surface area contributed by atoms with Gasteiger partial charge in [0.15, 0.2) is 0 Å². The van der Waals surface area contributed by atoms with Crippen LogP contribution in [-0.4, -0.2) is 37.9 Å². The average Bonchev–Trinajstić information content (AvgIpc) is 3.59. The lowest BCUT2D eigenvalue weighted by molar-refractivity contribution is 0.510. The summed E-state index contributed by atoms with van der Waals surface area (Å²) in [4.78, 5) is 8.98. The summed E-state index contributed by atoms with van der Waals surface area (Å²) in [7, 11) is 0. The molecule has 2 aliphatic heterocycles. The van der Waals surface area contributed by atoms with Crippen molar-refractivity contribution >= 4 is 33.6 Å². The second-order valence-corrected chi connectivity index (χ2v) is 8.10. The van der Waals surface area contributed by atoms with Crippen LogP contribution in [0.2, 0.25) is 0 Å². The van der Waals surface area contributed by atoms with E-state index in [2.05, 4.69) is 69.1 Å². The van der Waals surface area contributed by atoms with E-state index in [9.17, 15) is 0 Å². The van der Waals surface area contributed by atoms with Gasteiger partial charge in [-0.05, 0) is 30.7 Å². The zero-order valence-corrected chi connectivity index (χ0v) is 17.3. The number of hydrogen-bond donors (Lipinski definition) is 2. The van der Waals surface area contributed by atoms with Gasteiger partial charge in [-0.2, -0.15) is 0 Å². The standard InChI is InChI=1S/C25H24N4O2/c1(2-20-12-16-4-6-18(14-22(16)30-20)24-26-8-9-27-24)3-21-13-17-5-7-19(15-23(17)31-21)25-28-10-11-29-25/h4-7,12-15H,1-3,8-11H2,(H,26,27)(H,28,29). The normalized spacial score (nSPS) is 15.9. The third kappa shape index (κ3) is 3.58. The maximum atomic E-state index is 6.10. The van der Waals surface area contributed by atoms with Crippen molar-refractivity contribution in [1.82, 2.24) is 10.6 Å². The highest BCUT2D eigenvalue weighted by Crippen LogP contribution is 2.25. The first-order chi connectivity index (χ1) is 15.3. The molecule has 6 heteroatoms. The Morgan fingerprint density at radius 1 is 0.677 bits per heavy atom. The van der Waals surface area contributed by atoms with Crippen LogP contribution in [0.15, 0.2) is 67.4 Å². The molecule has 2 N–H and O–H groups in total. The molecule has 156 valence electrons. The Morgan fingerprint density at radius 2 is 1.19 bits per heavy atom. The van der Waals surface area contributed by atoms with E-state index >= 15 is 0 Å². The van der Waals surface area contributed by atoms with E-state index in [4.69, 9.17) is 8.83 Å². The Labute approximate surface area is 180 Å². The SMILES string of the molecule is c1cc2cc(CCCc3cc4ccc(C5=NCCN5)cc4o3)oc2cc1C1=NCCN1. The van der Waals surface area contributed by atoms with Gasteiger partial charge in [-0.15, -0.1) is 0 Å². The van der Waals surface area contributed by atoms with Crippen LogP contribution in [0.5, 0.6) is 0 Å². The van der Waals surface area contributed by atoms with Gasteiger partial charge < -0.3 is 19.5 Å². The number of fused-ring (bicyclic) bond motifs is 2. The number of aliphatic imine (C=N–C) groups is 2. The minimum absolute atomic E-state index is 0.839. The van der Waals surface area contributed by atoms with Crippen LogP contribution in [0.4, 0.5) is 0 Å². The van der Waals surface area contributed by atoms with E-state index in [0.29, 0.717) is 0 Å². The van der Waals surface area contributed by atoms with Gasteiger partial charge in [-0.3, -0.25) is 9.98 Å². The lowest BCUT2D eigenvalue weighted by Crippen LogP contribution is -2.19. The summed E-state index contributed by atoms with van der Waals surface area (Å²) in [6, 6.07) is 16.9. The summed E-state index contributed by atoms with van der Waals surface area (Å²) in [5.41, 5.74) is 4.02. The molecule has 0 fully saturated rings. The number of benzene rings is 2. The minimum atomic E-state index is 0.839. The Kier molecular flexibility index (Phi) is 4.48. The molecule has 6 nitrogen and oxygen atoms in total. The summed E-state index contributed by atoms with van der Waals surface area (Å²) < 4.78 is 12.2. The smallest absolute Gasteiger partial charge is 0.135 e. The van der Waals surface area contributed by atoms with Crippen LogP contribution >= 0.6 is 0 Å². The monoisotopic (exact) mass is 412 g/mol. The maximum absolute atomic E-state index is 6.10. The summed E-state index contributed by atoms with van der Waals surface area (Å²) in [6.45, 7) is 3.49. The number of amidine groups is 2. The van der Waals surface area contributed by atoms with E-state index in [0.717, 1.165) is 102 Å². The molecule has 0 unspecified atom stereocenters. The largest absolute Gasteiger partial charge is 0.461 e. The van der Waals surface area contributed by atoms with E-state index in [1.807, 2.05) is 0 Å². The van der Waals surface area contributed by atoms with Crippen molar-refractivity contribution in [3.63, 3.8) is 0 Å². The zero-order chi connectivity index (χ0) is 20.6. The Balaban J connectivity index is 1.13. The van der Waals surface area contributed by atoms with Gasteiger partial charge in [0, 0.05) is 47.8 Å². The first kappa shape index (κ1) is 18.2. The molecule has 2 aliphatic rings. The molecule has 31 heavy (non-hydrogen) atoms. The van der Waals surface area contributed by atoms with Crippen molar-refractivity contribution in [3.8, 4) is 0 Å². The van der Waals surface area contributed by atoms with E-state index in [-0.39, 0.29) is 0 Å². The Morgan fingerprint density at radius 3 is 1.65 bits per heavy atom. The van der Waals surface area contributed by atoms with Gasteiger partial charge in [-0.25, -0.2) is 0 Å². The van der Waals surface area contributed by atoms with Gasteiger partial charge >= 0.3 is 0 Å². The molecule has 4 heterocycles. The molecular weight excluding hydrogens is 388 g/mol. The van der Waals surface area contributed by atoms with Gasteiger partial charge in [0.25, 0.3) is 0 Å². The van der Waals surface area contributed by atoms with E-state index < -0.39 is 0 Å². The second-order valence-electron chi connectivity index (χ2n) is 8.10. The Hall–Kier alpha value is -3.54. The number of hydrogen-bond acceptors (Lipinski definition) is 6. The number of nitrogens with zero attached hydrogens (tertiary/aromatic N) is 2. The molecular formula is C25H24N4O2. The molecule has 0 spiro atoms. The molecule has 2 aromatic heterocycles. The molecule has 0 atom stereocenters. The molecule has 2 aromatic carbocycles. The summed E-state index contributed by atoms with van der Waals surface area (Å²) in [5.74, 6) is 3.95. The third-order valence-electron chi connectivity index (χ3n) is 5.88. The quantitative estimate of drug-likeness (QED) is 0.501. The molecule has 0 saturated carbocycles. The van der Waals surface area contributed by atoms with Crippen LogP contribution in [-0.2, 0) is 12.8 Å². The fraction of sp³-hybridized carbons (Fsp3) is 0.280. The summed E-state index contributed by atoms with van der Waals surface area (Å²) >= 11 is 0. The van der Waals surface area contributed by atoms with Gasteiger partial charge in [0.2, 0.25) is 0 Å². The van der Waals surface area contributed by atoms with Crippen LogP contribution in [0.3, 0.4) is 0 Å². The van der Waals surface area contributed by atoms with Crippen LogP contribution in [0, 0.1) is 0 Å². The molecule has 0 bridgehead atoms. The van der Waals surface area contributed by atoms with Crippen molar-refractivity contribution in [2.24, 2.45) is 9.98 Å². The minimum Gasteiger partial charge on any atom is -0.461 e. The Bertz CT molecular complexity index is 1230. The van der Waals surface area contributed by atoms with E-state index in [1.54, 1.807) is 0 Å².